The monoisotopic (exact) mass is 568 g/mol. The molecule has 0 unspecified atom stereocenters. The lowest BCUT2D eigenvalue weighted by Gasteiger charge is -2.26. The van der Waals surface area contributed by atoms with E-state index in [2.05, 4.69) is 5.32 Å². The number of rotatable bonds is 10. The molecule has 0 atom stereocenters. The standard InChI is InChI=1S/C29H26Cl2N2O6/c1-3-11-38-24-10-9-19(15-25(24)37-2)16-33-28(35)21(27(34)32-29(33)36)12-20-13-22(30)26(23(31)14-20)39-17-18-7-5-4-6-8-18/h4-10,12-15H,3,11,16-17H2,1-2H3,(H,32,34,36)/b21-12+. The topological polar surface area (TPSA) is 94.2 Å². The lowest BCUT2D eigenvalue weighted by molar-refractivity contribution is -0.130. The molecule has 4 amide bonds. The van der Waals surface area contributed by atoms with Crippen LogP contribution in [0.3, 0.4) is 0 Å². The Balaban J connectivity index is 1.54. The Kier molecular flexibility index (Phi) is 9.11. The van der Waals surface area contributed by atoms with Gasteiger partial charge in [0.1, 0.15) is 12.2 Å². The highest BCUT2D eigenvalue weighted by Gasteiger charge is 2.36. The first-order chi connectivity index (χ1) is 18.8. The van der Waals surface area contributed by atoms with E-state index in [1.165, 1.54) is 25.3 Å². The zero-order valence-electron chi connectivity index (χ0n) is 21.3. The van der Waals surface area contributed by atoms with Gasteiger partial charge in [0.15, 0.2) is 17.2 Å². The molecule has 0 spiro atoms. The van der Waals surface area contributed by atoms with Crippen molar-refractivity contribution in [3.05, 3.63) is 93.0 Å². The van der Waals surface area contributed by atoms with E-state index in [-0.39, 0.29) is 34.5 Å². The van der Waals surface area contributed by atoms with E-state index < -0.39 is 17.8 Å². The normalized spacial score (nSPS) is 14.4. The summed E-state index contributed by atoms with van der Waals surface area (Å²) in [4.78, 5) is 39.3. The second kappa shape index (κ2) is 12.7. The molecule has 0 aliphatic carbocycles. The summed E-state index contributed by atoms with van der Waals surface area (Å²) in [6, 6.07) is 16.9. The number of hydrogen-bond donors (Lipinski definition) is 1. The predicted octanol–water partition coefficient (Wildman–Crippen LogP) is 6.03. The summed E-state index contributed by atoms with van der Waals surface area (Å²) >= 11 is 12.8. The van der Waals surface area contributed by atoms with Gasteiger partial charge in [-0.3, -0.25) is 19.8 Å². The van der Waals surface area contributed by atoms with E-state index in [1.54, 1.807) is 18.2 Å². The van der Waals surface area contributed by atoms with Crippen molar-refractivity contribution < 1.29 is 28.6 Å². The van der Waals surface area contributed by atoms with Crippen LogP contribution in [0, 0.1) is 0 Å². The van der Waals surface area contributed by atoms with Gasteiger partial charge in [-0.1, -0.05) is 66.5 Å². The van der Waals surface area contributed by atoms with Gasteiger partial charge in [-0.2, -0.15) is 0 Å². The largest absolute Gasteiger partial charge is 0.493 e. The minimum atomic E-state index is -0.826. The Hall–Kier alpha value is -4.01. The molecule has 1 fully saturated rings. The van der Waals surface area contributed by atoms with Gasteiger partial charge in [0.2, 0.25) is 0 Å². The number of ether oxygens (including phenoxy) is 3. The van der Waals surface area contributed by atoms with Crippen LogP contribution in [0.5, 0.6) is 17.2 Å². The summed E-state index contributed by atoms with van der Waals surface area (Å²) in [5.41, 5.74) is 1.70. The molecule has 39 heavy (non-hydrogen) atoms. The third-order valence-corrected chi connectivity index (χ3v) is 6.34. The van der Waals surface area contributed by atoms with Crippen molar-refractivity contribution in [3.63, 3.8) is 0 Å². The smallest absolute Gasteiger partial charge is 0.331 e. The van der Waals surface area contributed by atoms with Crippen molar-refractivity contribution in [1.29, 1.82) is 0 Å². The Morgan fingerprint density at radius 2 is 1.62 bits per heavy atom. The van der Waals surface area contributed by atoms with Crippen LogP contribution in [-0.2, 0) is 22.7 Å². The molecule has 10 heteroatoms. The molecule has 0 aromatic heterocycles. The number of amides is 4. The lowest BCUT2D eigenvalue weighted by atomic mass is 10.1. The van der Waals surface area contributed by atoms with Crippen LogP contribution >= 0.6 is 23.2 Å². The predicted molar refractivity (Wildman–Crippen MR) is 148 cm³/mol. The number of nitrogens with zero attached hydrogens (tertiary/aromatic N) is 1. The fraction of sp³-hybridized carbons (Fsp3) is 0.207. The maximum atomic E-state index is 13.2. The quantitative estimate of drug-likeness (QED) is 0.237. The number of methoxy groups -OCH3 is 1. The molecule has 1 N–H and O–H groups in total. The highest BCUT2D eigenvalue weighted by molar-refractivity contribution is 6.37. The van der Waals surface area contributed by atoms with Crippen LogP contribution in [0.2, 0.25) is 10.0 Å². The molecular weight excluding hydrogens is 543 g/mol. The Labute approximate surface area is 236 Å². The zero-order valence-corrected chi connectivity index (χ0v) is 22.8. The minimum absolute atomic E-state index is 0.0898. The molecule has 3 aromatic rings. The second-order valence-electron chi connectivity index (χ2n) is 8.63. The molecule has 0 saturated carbocycles. The van der Waals surface area contributed by atoms with E-state index in [1.807, 2.05) is 37.3 Å². The molecule has 1 aliphatic heterocycles. The SMILES string of the molecule is CCCOc1ccc(CN2C(=O)NC(=O)/C(=C\c3cc(Cl)c(OCc4ccccc4)c(Cl)c3)C2=O)cc1OC. The summed E-state index contributed by atoms with van der Waals surface area (Å²) in [6.07, 6.45) is 2.16. The van der Waals surface area contributed by atoms with E-state index in [4.69, 9.17) is 37.4 Å². The van der Waals surface area contributed by atoms with Crippen LogP contribution in [-0.4, -0.2) is 36.5 Å². The van der Waals surface area contributed by atoms with Crippen molar-refractivity contribution >= 4 is 47.1 Å². The molecular formula is C29H26Cl2N2O6. The minimum Gasteiger partial charge on any atom is -0.493 e. The van der Waals surface area contributed by atoms with Crippen LogP contribution in [0.15, 0.2) is 66.2 Å². The van der Waals surface area contributed by atoms with Crippen molar-refractivity contribution in [1.82, 2.24) is 10.2 Å². The summed E-state index contributed by atoms with van der Waals surface area (Å²) in [5.74, 6) is -0.278. The van der Waals surface area contributed by atoms with Crippen LogP contribution < -0.4 is 19.5 Å². The average Bonchev–Trinajstić information content (AvgIpc) is 2.92. The van der Waals surface area contributed by atoms with Gasteiger partial charge in [-0.25, -0.2) is 4.79 Å². The van der Waals surface area contributed by atoms with Crippen molar-refractivity contribution in [3.8, 4) is 17.2 Å². The highest BCUT2D eigenvalue weighted by atomic mass is 35.5. The van der Waals surface area contributed by atoms with Gasteiger partial charge in [0, 0.05) is 0 Å². The number of barbiturate groups is 1. The molecule has 1 heterocycles. The van der Waals surface area contributed by atoms with E-state index in [0.717, 1.165) is 16.9 Å². The number of carbonyl (C=O) groups is 3. The molecule has 0 bridgehead atoms. The summed E-state index contributed by atoms with van der Waals surface area (Å²) in [6.45, 7) is 2.68. The van der Waals surface area contributed by atoms with Crippen molar-refractivity contribution in [2.45, 2.75) is 26.5 Å². The summed E-state index contributed by atoms with van der Waals surface area (Å²) in [5, 5.41) is 2.63. The maximum absolute atomic E-state index is 13.2. The third kappa shape index (κ3) is 6.71. The first-order valence-electron chi connectivity index (χ1n) is 12.1. The van der Waals surface area contributed by atoms with Gasteiger partial charge in [0.25, 0.3) is 11.8 Å². The fourth-order valence-electron chi connectivity index (χ4n) is 3.86. The van der Waals surface area contributed by atoms with Gasteiger partial charge in [-0.15, -0.1) is 0 Å². The second-order valence-corrected chi connectivity index (χ2v) is 9.44. The van der Waals surface area contributed by atoms with Gasteiger partial charge in [-0.05, 0) is 53.5 Å². The highest BCUT2D eigenvalue weighted by Crippen LogP contribution is 2.36. The van der Waals surface area contributed by atoms with Crippen LogP contribution in [0.25, 0.3) is 6.08 Å². The number of urea groups is 1. The molecule has 1 aliphatic rings. The number of halogens is 2. The third-order valence-electron chi connectivity index (χ3n) is 5.77. The van der Waals surface area contributed by atoms with Crippen LogP contribution in [0.4, 0.5) is 4.79 Å². The number of carbonyl (C=O) groups excluding carboxylic acids is 3. The number of hydrogen-bond acceptors (Lipinski definition) is 6. The first-order valence-corrected chi connectivity index (χ1v) is 12.9. The maximum Gasteiger partial charge on any atom is 0.331 e. The molecule has 202 valence electrons. The molecule has 8 nitrogen and oxygen atoms in total. The zero-order chi connectivity index (χ0) is 27.9. The molecule has 0 radical (unpaired) electrons. The summed E-state index contributed by atoms with van der Waals surface area (Å²) in [7, 11) is 1.50. The molecule has 3 aromatic carbocycles. The number of benzene rings is 3. The number of nitrogens with one attached hydrogen (secondary N) is 1. The Morgan fingerprint density at radius 1 is 0.897 bits per heavy atom. The van der Waals surface area contributed by atoms with Crippen molar-refractivity contribution in [2.75, 3.05) is 13.7 Å². The van der Waals surface area contributed by atoms with E-state index in [9.17, 15) is 14.4 Å². The van der Waals surface area contributed by atoms with Crippen LogP contribution in [0.1, 0.15) is 30.0 Å². The van der Waals surface area contributed by atoms with Gasteiger partial charge >= 0.3 is 6.03 Å². The average molecular weight is 569 g/mol. The van der Waals surface area contributed by atoms with E-state index in [0.29, 0.717) is 29.2 Å². The van der Waals surface area contributed by atoms with Gasteiger partial charge < -0.3 is 14.2 Å². The van der Waals surface area contributed by atoms with Gasteiger partial charge in [0.05, 0.1) is 30.3 Å². The Bertz CT molecular complexity index is 1400. The Morgan fingerprint density at radius 3 is 2.28 bits per heavy atom. The molecule has 1 saturated heterocycles. The summed E-state index contributed by atoms with van der Waals surface area (Å²) < 4.78 is 16.8. The molecule has 4 rings (SSSR count). The van der Waals surface area contributed by atoms with Crippen molar-refractivity contribution in [2.24, 2.45) is 0 Å². The first kappa shape index (κ1) is 28.0. The lowest BCUT2D eigenvalue weighted by Crippen LogP contribution is -2.53. The fourth-order valence-corrected chi connectivity index (χ4v) is 4.47. The number of imide groups is 2. The van der Waals surface area contributed by atoms with E-state index >= 15 is 0 Å².